The van der Waals surface area contributed by atoms with Gasteiger partial charge in [0.2, 0.25) is 0 Å². The first-order valence-electron chi connectivity index (χ1n) is 5.55. The van der Waals surface area contributed by atoms with E-state index in [0.717, 1.165) is 0 Å². The Morgan fingerprint density at radius 1 is 1.33 bits per heavy atom. The first-order valence-corrected chi connectivity index (χ1v) is 5.55. The molecule has 0 aromatic carbocycles. The fraction of sp³-hybridized carbons (Fsp3) is 0.818. The number of aliphatic hydroxyl groups is 1. The van der Waals surface area contributed by atoms with Gasteiger partial charge in [-0.1, -0.05) is 0 Å². The number of nitrogens with one attached hydrogen (secondary N) is 1. The van der Waals surface area contributed by atoms with E-state index in [1.54, 1.807) is 20.8 Å². The molecule has 1 amide bonds. The van der Waals surface area contributed by atoms with Crippen molar-refractivity contribution in [1.29, 1.82) is 0 Å². The van der Waals surface area contributed by atoms with E-state index < -0.39 is 29.8 Å². The lowest BCUT2D eigenvalue weighted by Crippen LogP contribution is -2.45. The summed E-state index contributed by atoms with van der Waals surface area (Å²) in [4.78, 5) is 22.3. The molecular formula is C11H21NO6. The number of carbonyl (C=O) groups is 2. The van der Waals surface area contributed by atoms with Crippen molar-refractivity contribution < 1.29 is 29.3 Å². The highest BCUT2D eigenvalue weighted by atomic mass is 16.6. The van der Waals surface area contributed by atoms with Crippen LogP contribution < -0.4 is 5.32 Å². The van der Waals surface area contributed by atoms with Crippen molar-refractivity contribution in [3.05, 3.63) is 0 Å². The first kappa shape index (κ1) is 16.7. The molecule has 0 saturated carbocycles. The maximum atomic E-state index is 11.4. The van der Waals surface area contributed by atoms with Gasteiger partial charge in [0.05, 0.1) is 12.7 Å². The molecular weight excluding hydrogens is 242 g/mol. The van der Waals surface area contributed by atoms with Gasteiger partial charge in [-0.2, -0.15) is 0 Å². The van der Waals surface area contributed by atoms with Gasteiger partial charge >= 0.3 is 12.1 Å². The first-order chi connectivity index (χ1) is 8.15. The van der Waals surface area contributed by atoms with Crippen molar-refractivity contribution in [2.24, 2.45) is 0 Å². The van der Waals surface area contributed by atoms with Gasteiger partial charge in [0.1, 0.15) is 11.6 Å². The summed E-state index contributed by atoms with van der Waals surface area (Å²) in [6, 6.07) is -1.22. The van der Waals surface area contributed by atoms with Crippen molar-refractivity contribution in [2.75, 3.05) is 13.7 Å². The molecule has 0 rings (SSSR count). The summed E-state index contributed by atoms with van der Waals surface area (Å²) < 4.78 is 9.62. The molecule has 2 atom stereocenters. The molecule has 0 aliphatic heterocycles. The third kappa shape index (κ3) is 7.86. The van der Waals surface area contributed by atoms with Crippen molar-refractivity contribution >= 4 is 12.1 Å². The second-order valence-electron chi connectivity index (χ2n) is 4.88. The average molecular weight is 263 g/mol. The van der Waals surface area contributed by atoms with Crippen LogP contribution in [0.4, 0.5) is 4.79 Å². The lowest BCUT2D eigenvalue weighted by atomic mass is 10.1. The zero-order valence-corrected chi connectivity index (χ0v) is 11.1. The maximum absolute atomic E-state index is 11.4. The zero-order chi connectivity index (χ0) is 14.3. The number of ether oxygens (including phenoxy) is 2. The molecule has 0 radical (unpaired) electrons. The molecule has 7 nitrogen and oxygen atoms in total. The molecule has 0 spiro atoms. The van der Waals surface area contributed by atoms with Crippen LogP contribution in [0.3, 0.4) is 0 Å². The molecule has 7 heteroatoms. The summed E-state index contributed by atoms with van der Waals surface area (Å²) in [7, 11) is 1.39. The Kier molecular flexibility index (Phi) is 6.64. The minimum Gasteiger partial charge on any atom is -0.480 e. The van der Waals surface area contributed by atoms with Gasteiger partial charge < -0.3 is 25.0 Å². The number of amides is 1. The second-order valence-corrected chi connectivity index (χ2v) is 4.88. The Bertz CT molecular complexity index is 286. The topological polar surface area (TPSA) is 105 Å². The highest BCUT2D eigenvalue weighted by Crippen LogP contribution is 2.08. The number of methoxy groups -OCH3 is 1. The Labute approximate surface area is 106 Å². The van der Waals surface area contributed by atoms with Gasteiger partial charge in [-0.15, -0.1) is 0 Å². The Hall–Kier alpha value is -1.34. The standard InChI is InChI=1S/C11H21NO6/c1-11(2,3)18-10(16)12-8(9(14)15)5-7(13)6-17-4/h7-8,13H,5-6H2,1-4H3,(H,12,16)(H,14,15). The fourth-order valence-corrected chi connectivity index (χ4v) is 1.20. The zero-order valence-electron chi connectivity index (χ0n) is 11.1. The molecule has 0 fully saturated rings. The van der Waals surface area contributed by atoms with E-state index >= 15 is 0 Å². The van der Waals surface area contributed by atoms with E-state index in [2.05, 4.69) is 10.1 Å². The molecule has 0 aliphatic carbocycles. The van der Waals surface area contributed by atoms with Crippen molar-refractivity contribution in [1.82, 2.24) is 5.32 Å². The quantitative estimate of drug-likeness (QED) is 0.639. The van der Waals surface area contributed by atoms with Gasteiger partial charge in [-0.05, 0) is 20.8 Å². The van der Waals surface area contributed by atoms with Crippen LogP contribution >= 0.6 is 0 Å². The van der Waals surface area contributed by atoms with E-state index in [4.69, 9.17) is 9.84 Å². The van der Waals surface area contributed by atoms with Crippen LogP contribution in [0.15, 0.2) is 0 Å². The van der Waals surface area contributed by atoms with Gasteiger partial charge in [0, 0.05) is 13.5 Å². The number of hydrogen-bond donors (Lipinski definition) is 3. The SMILES string of the molecule is COCC(O)CC(NC(=O)OC(C)(C)C)C(=O)O. The highest BCUT2D eigenvalue weighted by Gasteiger charge is 2.26. The molecule has 0 bridgehead atoms. The van der Waals surface area contributed by atoms with Gasteiger partial charge in [0.25, 0.3) is 0 Å². The molecule has 18 heavy (non-hydrogen) atoms. The number of carbonyl (C=O) groups excluding carboxylic acids is 1. The van der Waals surface area contributed by atoms with Crippen LogP contribution in [-0.2, 0) is 14.3 Å². The number of rotatable bonds is 6. The van der Waals surface area contributed by atoms with Crippen molar-refractivity contribution in [3.63, 3.8) is 0 Å². The lowest BCUT2D eigenvalue weighted by molar-refractivity contribution is -0.140. The van der Waals surface area contributed by atoms with Crippen LogP contribution in [0.5, 0.6) is 0 Å². The van der Waals surface area contributed by atoms with E-state index in [1.807, 2.05) is 0 Å². The van der Waals surface area contributed by atoms with E-state index in [0.29, 0.717) is 0 Å². The summed E-state index contributed by atoms with van der Waals surface area (Å²) in [6.07, 6.45) is -1.95. The number of carboxylic acids is 1. The summed E-state index contributed by atoms with van der Waals surface area (Å²) in [5, 5.41) is 20.5. The molecule has 0 aliphatic rings. The van der Waals surface area contributed by atoms with Crippen LogP contribution in [0, 0.1) is 0 Å². The minimum absolute atomic E-state index is 0.000220. The average Bonchev–Trinajstić information content (AvgIpc) is 2.13. The van der Waals surface area contributed by atoms with Gasteiger partial charge in [-0.3, -0.25) is 0 Å². The third-order valence-electron chi connectivity index (χ3n) is 1.86. The van der Waals surface area contributed by atoms with Crippen LogP contribution in [0.25, 0.3) is 0 Å². The number of aliphatic hydroxyl groups excluding tert-OH is 1. The predicted molar refractivity (Wildman–Crippen MR) is 63.3 cm³/mol. The molecule has 0 aromatic heterocycles. The number of carboxylic acid groups (broad SMARTS) is 1. The fourth-order valence-electron chi connectivity index (χ4n) is 1.20. The van der Waals surface area contributed by atoms with E-state index in [-0.39, 0.29) is 13.0 Å². The molecule has 106 valence electrons. The summed E-state index contributed by atoms with van der Waals surface area (Å²) in [5.41, 5.74) is -0.710. The molecule has 0 aromatic rings. The van der Waals surface area contributed by atoms with Crippen LogP contribution in [0.2, 0.25) is 0 Å². The van der Waals surface area contributed by atoms with E-state index in [9.17, 15) is 14.7 Å². The largest absolute Gasteiger partial charge is 0.480 e. The lowest BCUT2D eigenvalue weighted by Gasteiger charge is -2.22. The number of aliphatic carboxylic acids is 1. The Morgan fingerprint density at radius 2 is 1.89 bits per heavy atom. The maximum Gasteiger partial charge on any atom is 0.408 e. The van der Waals surface area contributed by atoms with Gasteiger partial charge in [0.15, 0.2) is 0 Å². The Morgan fingerprint density at radius 3 is 2.28 bits per heavy atom. The number of alkyl carbamates (subject to hydrolysis) is 1. The monoisotopic (exact) mass is 263 g/mol. The molecule has 2 unspecified atom stereocenters. The molecule has 0 saturated heterocycles. The predicted octanol–water partition coefficient (Wildman–Crippen LogP) is 0.362. The summed E-state index contributed by atoms with van der Waals surface area (Å²) >= 11 is 0. The van der Waals surface area contributed by atoms with Crippen LogP contribution in [0.1, 0.15) is 27.2 Å². The number of hydrogen-bond acceptors (Lipinski definition) is 5. The summed E-state index contributed by atoms with van der Waals surface area (Å²) in [5.74, 6) is -1.24. The second kappa shape index (κ2) is 7.17. The molecule has 0 heterocycles. The third-order valence-corrected chi connectivity index (χ3v) is 1.86. The van der Waals surface area contributed by atoms with Crippen molar-refractivity contribution in [3.8, 4) is 0 Å². The normalized spacial score (nSPS) is 14.7. The van der Waals surface area contributed by atoms with Crippen molar-refractivity contribution in [2.45, 2.75) is 44.9 Å². The highest BCUT2D eigenvalue weighted by molar-refractivity contribution is 5.80. The Balaban J connectivity index is 4.36. The van der Waals surface area contributed by atoms with E-state index in [1.165, 1.54) is 7.11 Å². The summed E-state index contributed by atoms with van der Waals surface area (Å²) in [6.45, 7) is 5.01. The smallest absolute Gasteiger partial charge is 0.408 e. The van der Waals surface area contributed by atoms with Crippen LogP contribution in [-0.4, -0.2) is 53.7 Å². The minimum atomic E-state index is -1.24. The van der Waals surface area contributed by atoms with Gasteiger partial charge in [-0.25, -0.2) is 9.59 Å². The molecule has 3 N–H and O–H groups in total.